The van der Waals surface area contributed by atoms with Crippen LogP contribution in [0.1, 0.15) is 45.4 Å². The first-order valence-corrected chi connectivity index (χ1v) is 7.70. The highest BCUT2D eigenvalue weighted by Gasteiger charge is 2.33. The molecule has 0 aromatic carbocycles. The fourth-order valence-electron chi connectivity index (χ4n) is 2.00. The third kappa shape index (κ3) is 8.67. The lowest BCUT2D eigenvalue weighted by molar-refractivity contribution is -0.145. The Bertz CT molecular complexity index is 244. The van der Waals surface area contributed by atoms with Gasteiger partial charge in [-0.15, -0.1) is 0 Å². The van der Waals surface area contributed by atoms with Crippen LogP contribution in [0.5, 0.6) is 0 Å². The van der Waals surface area contributed by atoms with Crippen LogP contribution in [-0.4, -0.2) is 74.4 Å². The second-order valence-corrected chi connectivity index (χ2v) is 5.39. The molecule has 0 saturated carbocycles. The lowest BCUT2D eigenvalue weighted by atomic mass is 10.0. The Morgan fingerprint density at radius 3 is 1.90 bits per heavy atom. The summed E-state index contributed by atoms with van der Waals surface area (Å²) in [6.45, 7) is 1.88. The van der Waals surface area contributed by atoms with Crippen molar-refractivity contribution in [1.29, 1.82) is 0 Å². The molecule has 0 aliphatic carbocycles. The summed E-state index contributed by atoms with van der Waals surface area (Å²) in [6, 6.07) is 0. The van der Waals surface area contributed by atoms with Crippen molar-refractivity contribution in [2.24, 2.45) is 0 Å². The summed E-state index contributed by atoms with van der Waals surface area (Å²) in [4.78, 5) is 0. The molecule has 0 rings (SSSR count). The summed E-state index contributed by atoms with van der Waals surface area (Å²) < 4.78 is 0. The molecule has 5 atom stereocenters. The van der Waals surface area contributed by atoms with E-state index in [1.54, 1.807) is 0 Å². The fraction of sp³-hybridized carbons (Fsp3) is 1.00. The predicted octanol–water partition coefficient (Wildman–Crippen LogP) is -1.31. The molecule has 0 spiro atoms. The van der Waals surface area contributed by atoms with E-state index < -0.39 is 37.3 Å². The van der Waals surface area contributed by atoms with E-state index in [1.165, 1.54) is 19.3 Å². The van der Waals surface area contributed by atoms with Crippen LogP contribution in [0, 0.1) is 0 Å². The summed E-state index contributed by atoms with van der Waals surface area (Å²) in [5.41, 5.74) is 0. The Morgan fingerprint density at radius 2 is 1.33 bits per heavy atom. The predicted molar refractivity (Wildman–Crippen MR) is 78.5 cm³/mol. The lowest BCUT2D eigenvalue weighted by Crippen LogP contribution is -2.53. The maximum Gasteiger partial charge on any atom is 0.133 e. The van der Waals surface area contributed by atoms with Gasteiger partial charge in [0.1, 0.15) is 30.6 Å². The van der Waals surface area contributed by atoms with E-state index in [0.717, 1.165) is 19.3 Å². The highest BCUT2D eigenvalue weighted by atomic mass is 16.4. The van der Waals surface area contributed by atoms with Gasteiger partial charge in [-0.05, 0) is 13.0 Å². The molecule has 0 amide bonds. The Kier molecular flexibility index (Phi) is 12.1. The number of aliphatic hydroxyl groups is 6. The second-order valence-electron chi connectivity index (χ2n) is 5.39. The molecule has 0 bridgehead atoms. The number of aliphatic hydroxyl groups excluding tert-OH is 6. The van der Waals surface area contributed by atoms with E-state index >= 15 is 0 Å². The van der Waals surface area contributed by atoms with E-state index in [9.17, 15) is 25.5 Å². The van der Waals surface area contributed by atoms with E-state index in [2.05, 4.69) is 12.2 Å². The third-order valence-electron chi connectivity index (χ3n) is 3.49. The van der Waals surface area contributed by atoms with Gasteiger partial charge >= 0.3 is 0 Å². The van der Waals surface area contributed by atoms with Gasteiger partial charge in [0.2, 0.25) is 0 Å². The van der Waals surface area contributed by atoms with Crippen LogP contribution in [0.4, 0.5) is 0 Å². The maximum atomic E-state index is 9.66. The SMILES string of the molecule is CCCCCCCCN[C@@H](O)[C@@H](O)[C@@H](O)[C@H](O)[C@@H](O)CO. The van der Waals surface area contributed by atoms with Crippen molar-refractivity contribution in [2.45, 2.75) is 76.1 Å². The molecule has 7 nitrogen and oxygen atoms in total. The molecule has 0 fully saturated rings. The first-order chi connectivity index (χ1) is 9.95. The zero-order valence-corrected chi connectivity index (χ0v) is 12.7. The number of nitrogens with one attached hydrogen (secondary N) is 1. The number of hydrogen-bond acceptors (Lipinski definition) is 7. The minimum absolute atomic E-state index is 0.482. The van der Waals surface area contributed by atoms with Crippen molar-refractivity contribution in [3.8, 4) is 0 Å². The van der Waals surface area contributed by atoms with E-state index in [1.807, 2.05) is 0 Å². The Hall–Kier alpha value is -0.280. The minimum Gasteiger partial charge on any atom is -0.394 e. The third-order valence-corrected chi connectivity index (χ3v) is 3.49. The first kappa shape index (κ1) is 20.7. The summed E-state index contributed by atoms with van der Waals surface area (Å²) in [5.74, 6) is 0. The van der Waals surface area contributed by atoms with Crippen molar-refractivity contribution in [3.63, 3.8) is 0 Å². The quantitative estimate of drug-likeness (QED) is 0.166. The largest absolute Gasteiger partial charge is 0.394 e. The number of rotatable bonds is 13. The van der Waals surface area contributed by atoms with E-state index in [0.29, 0.717) is 6.54 Å². The smallest absolute Gasteiger partial charge is 0.133 e. The number of unbranched alkanes of at least 4 members (excludes halogenated alkanes) is 5. The van der Waals surface area contributed by atoms with Crippen molar-refractivity contribution in [2.75, 3.05) is 13.2 Å². The summed E-state index contributed by atoms with van der Waals surface area (Å²) >= 11 is 0. The summed E-state index contributed by atoms with van der Waals surface area (Å²) in [7, 11) is 0. The molecular formula is C14H31NO6. The van der Waals surface area contributed by atoms with Gasteiger partial charge in [-0.1, -0.05) is 39.0 Å². The summed E-state index contributed by atoms with van der Waals surface area (Å²) in [5, 5.41) is 58.8. The molecule has 0 heterocycles. The molecule has 0 aromatic rings. The Morgan fingerprint density at radius 1 is 0.762 bits per heavy atom. The lowest BCUT2D eigenvalue weighted by Gasteiger charge is -2.28. The Balaban J connectivity index is 3.85. The van der Waals surface area contributed by atoms with Crippen molar-refractivity contribution >= 4 is 0 Å². The van der Waals surface area contributed by atoms with Gasteiger partial charge in [0, 0.05) is 0 Å². The van der Waals surface area contributed by atoms with Crippen LogP contribution >= 0.6 is 0 Å². The molecule has 7 N–H and O–H groups in total. The van der Waals surface area contributed by atoms with Crippen LogP contribution in [0.2, 0.25) is 0 Å². The van der Waals surface area contributed by atoms with Crippen molar-refractivity contribution < 1.29 is 30.6 Å². The van der Waals surface area contributed by atoms with Gasteiger partial charge in [0.25, 0.3) is 0 Å². The first-order valence-electron chi connectivity index (χ1n) is 7.70. The molecule has 128 valence electrons. The van der Waals surface area contributed by atoms with Gasteiger partial charge in [-0.3, -0.25) is 5.32 Å². The molecule has 0 aliphatic rings. The van der Waals surface area contributed by atoms with Gasteiger partial charge in [0.15, 0.2) is 0 Å². The van der Waals surface area contributed by atoms with Crippen LogP contribution in [0.25, 0.3) is 0 Å². The number of hydrogen-bond donors (Lipinski definition) is 7. The fourth-order valence-corrected chi connectivity index (χ4v) is 2.00. The Labute approximate surface area is 126 Å². The van der Waals surface area contributed by atoms with Gasteiger partial charge in [0.05, 0.1) is 6.61 Å². The van der Waals surface area contributed by atoms with Crippen molar-refractivity contribution in [1.82, 2.24) is 5.32 Å². The highest BCUT2D eigenvalue weighted by Crippen LogP contribution is 2.08. The standard InChI is InChI=1S/C14H31NO6/c1-2-3-4-5-6-7-8-15-14(21)13(20)12(19)11(18)10(17)9-16/h10-21H,2-9H2,1H3/t10-,11+,12-,13-,14-/m0/s1. The van der Waals surface area contributed by atoms with E-state index in [4.69, 9.17) is 5.11 Å². The molecule has 0 aliphatic heterocycles. The summed E-state index contributed by atoms with van der Waals surface area (Å²) in [6.07, 6.45) is -1.54. The zero-order chi connectivity index (χ0) is 16.3. The maximum absolute atomic E-state index is 9.66. The van der Waals surface area contributed by atoms with Crippen LogP contribution < -0.4 is 5.32 Å². The highest BCUT2D eigenvalue weighted by molar-refractivity contribution is 4.83. The van der Waals surface area contributed by atoms with E-state index in [-0.39, 0.29) is 0 Å². The average molecular weight is 309 g/mol. The molecule has 21 heavy (non-hydrogen) atoms. The normalized spacial score (nSPS) is 19.0. The van der Waals surface area contributed by atoms with Crippen molar-refractivity contribution in [3.05, 3.63) is 0 Å². The molecule has 7 heteroatoms. The molecule has 0 saturated heterocycles. The molecule has 0 radical (unpaired) electrons. The average Bonchev–Trinajstić information content (AvgIpc) is 2.50. The van der Waals surface area contributed by atoms with Gasteiger partial charge in [-0.25, -0.2) is 0 Å². The van der Waals surface area contributed by atoms with Crippen LogP contribution in [0.3, 0.4) is 0 Å². The second kappa shape index (κ2) is 12.3. The zero-order valence-electron chi connectivity index (χ0n) is 12.7. The molecule has 0 aromatic heterocycles. The molecule has 0 unspecified atom stereocenters. The monoisotopic (exact) mass is 309 g/mol. The van der Waals surface area contributed by atoms with Crippen LogP contribution in [-0.2, 0) is 0 Å². The topological polar surface area (TPSA) is 133 Å². The van der Waals surface area contributed by atoms with Crippen LogP contribution in [0.15, 0.2) is 0 Å². The minimum atomic E-state index is -1.75. The van der Waals surface area contributed by atoms with Gasteiger partial charge in [-0.2, -0.15) is 0 Å². The molecular weight excluding hydrogens is 278 g/mol. The van der Waals surface area contributed by atoms with Gasteiger partial charge < -0.3 is 30.6 Å².